The molecule has 1 aliphatic rings. The molecular formula is C11H16N2. The number of hydrogen-bond acceptors (Lipinski definition) is 2. The summed E-state index contributed by atoms with van der Waals surface area (Å²) in [7, 11) is 0. The first-order chi connectivity index (χ1) is 6.36. The Morgan fingerprint density at radius 2 is 2.08 bits per heavy atom. The minimum atomic E-state index is 0.669. The average molecular weight is 176 g/mol. The van der Waals surface area contributed by atoms with Crippen molar-refractivity contribution in [2.24, 2.45) is 5.92 Å². The molecule has 2 nitrogen and oxygen atoms in total. The molecule has 1 aromatic heterocycles. The van der Waals surface area contributed by atoms with E-state index >= 15 is 0 Å². The van der Waals surface area contributed by atoms with E-state index < -0.39 is 0 Å². The van der Waals surface area contributed by atoms with Crippen molar-refractivity contribution in [1.82, 2.24) is 4.98 Å². The Morgan fingerprint density at radius 3 is 2.69 bits per heavy atom. The number of aromatic nitrogens is 1. The van der Waals surface area contributed by atoms with Gasteiger partial charge in [-0.2, -0.15) is 0 Å². The predicted octanol–water partition coefficient (Wildman–Crippen LogP) is 2.68. The van der Waals surface area contributed by atoms with E-state index in [1.165, 1.54) is 24.9 Å². The van der Waals surface area contributed by atoms with Crippen LogP contribution in [0, 0.1) is 5.92 Å². The standard InChI is InChI=1S/C11H16N2/c1-9-3-2-4-11(9)13-10-5-7-12-8-6-10/h5-9,11H,2-4H2,1H3,(H,12,13). The zero-order valence-electron chi connectivity index (χ0n) is 8.03. The first-order valence-corrected chi connectivity index (χ1v) is 5.03. The van der Waals surface area contributed by atoms with Crippen LogP contribution >= 0.6 is 0 Å². The zero-order valence-corrected chi connectivity index (χ0v) is 8.03. The minimum absolute atomic E-state index is 0.669. The van der Waals surface area contributed by atoms with Gasteiger partial charge >= 0.3 is 0 Å². The third kappa shape index (κ3) is 2.00. The van der Waals surface area contributed by atoms with Crippen LogP contribution in [0.4, 0.5) is 5.69 Å². The van der Waals surface area contributed by atoms with Crippen LogP contribution in [0.3, 0.4) is 0 Å². The third-order valence-corrected chi connectivity index (χ3v) is 2.89. The summed E-state index contributed by atoms with van der Waals surface area (Å²) in [4.78, 5) is 4.00. The summed E-state index contributed by atoms with van der Waals surface area (Å²) in [6, 6.07) is 4.73. The van der Waals surface area contributed by atoms with Gasteiger partial charge in [0.05, 0.1) is 0 Å². The van der Waals surface area contributed by atoms with Gasteiger partial charge in [-0.1, -0.05) is 13.3 Å². The molecule has 1 aromatic rings. The first-order valence-electron chi connectivity index (χ1n) is 5.03. The fourth-order valence-corrected chi connectivity index (χ4v) is 2.02. The summed E-state index contributed by atoms with van der Waals surface area (Å²) in [6.45, 7) is 2.33. The van der Waals surface area contributed by atoms with Gasteiger partial charge in [-0.3, -0.25) is 4.98 Å². The van der Waals surface area contributed by atoms with Crippen LogP contribution in [0.1, 0.15) is 26.2 Å². The molecule has 2 rings (SSSR count). The Balaban J connectivity index is 1.98. The summed E-state index contributed by atoms with van der Waals surface area (Å²) < 4.78 is 0. The third-order valence-electron chi connectivity index (χ3n) is 2.89. The lowest BCUT2D eigenvalue weighted by molar-refractivity contribution is 0.556. The molecule has 1 fully saturated rings. The van der Waals surface area contributed by atoms with Crippen LogP contribution in [-0.4, -0.2) is 11.0 Å². The molecule has 13 heavy (non-hydrogen) atoms. The zero-order chi connectivity index (χ0) is 9.10. The van der Waals surface area contributed by atoms with E-state index in [4.69, 9.17) is 0 Å². The number of anilines is 1. The molecule has 0 aromatic carbocycles. The van der Waals surface area contributed by atoms with E-state index in [1.807, 2.05) is 24.5 Å². The highest BCUT2D eigenvalue weighted by atomic mass is 14.9. The van der Waals surface area contributed by atoms with E-state index in [0.717, 1.165) is 5.92 Å². The quantitative estimate of drug-likeness (QED) is 0.749. The van der Waals surface area contributed by atoms with E-state index in [0.29, 0.717) is 6.04 Å². The van der Waals surface area contributed by atoms with Gasteiger partial charge in [0.2, 0.25) is 0 Å². The maximum Gasteiger partial charge on any atom is 0.0373 e. The maximum absolute atomic E-state index is 4.00. The van der Waals surface area contributed by atoms with Gasteiger partial charge in [0.25, 0.3) is 0 Å². The van der Waals surface area contributed by atoms with Gasteiger partial charge in [-0.25, -0.2) is 0 Å². The lowest BCUT2D eigenvalue weighted by atomic mass is 10.1. The van der Waals surface area contributed by atoms with Gasteiger partial charge in [0.15, 0.2) is 0 Å². The summed E-state index contributed by atoms with van der Waals surface area (Å²) in [5.74, 6) is 0.813. The summed E-state index contributed by atoms with van der Waals surface area (Å²) in [5, 5.41) is 3.55. The molecule has 1 heterocycles. The molecule has 2 unspecified atom stereocenters. The smallest absolute Gasteiger partial charge is 0.0373 e. The second-order valence-corrected chi connectivity index (χ2v) is 3.89. The van der Waals surface area contributed by atoms with Gasteiger partial charge in [0, 0.05) is 24.1 Å². The fourth-order valence-electron chi connectivity index (χ4n) is 2.02. The Morgan fingerprint density at radius 1 is 1.31 bits per heavy atom. The second-order valence-electron chi connectivity index (χ2n) is 3.89. The number of pyridine rings is 1. The largest absolute Gasteiger partial charge is 0.382 e. The van der Waals surface area contributed by atoms with Crippen LogP contribution in [0.25, 0.3) is 0 Å². The van der Waals surface area contributed by atoms with E-state index in [2.05, 4.69) is 17.2 Å². The maximum atomic E-state index is 4.00. The van der Waals surface area contributed by atoms with Gasteiger partial charge in [-0.05, 0) is 30.9 Å². The molecule has 0 radical (unpaired) electrons. The molecule has 2 atom stereocenters. The molecule has 0 spiro atoms. The van der Waals surface area contributed by atoms with Crippen molar-refractivity contribution >= 4 is 5.69 Å². The lowest BCUT2D eigenvalue weighted by Crippen LogP contribution is -2.21. The normalized spacial score (nSPS) is 27.5. The van der Waals surface area contributed by atoms with Crippen LogP contribution in [-0.2, 0) is 0 Å². The Bertz CT molecular complexity index is 258. The van der Waals surface area contributed by atoms with Gasteiger partial charge < -0.3 is 5.32 Å². The Kier molecular flexibility index (Phi) is 2.48. The van der Waals surface area contributed by atoms with Crippen molar-refractivity contribution in [3.63, 3.8) is 0 Å². The molecule has 1 aliphatic carbocycles. The first kappa shape index (κ1) is 8.54. The Hall–Kier alpha value is -1.05. The topological polar surface area (TPSA) is 24.9 Å². The molecule has 0 amide bonds. The summed E-state index contributed by atoms with van der Waals surface area (Å²) >= 11 is 0. The Labute approximate surface area is 79.4 Å². The van der Waals surface area contributed by atoms with Crippen LogP contribution in [0.5, 0.6) is 0 Å². The summed E-state index contributed by atoms with van der Waals surface area (Å²) in [5.41, 5.74) is 1.20. The summed E-state index contributed by atoms with van der Waals surface area (Å²) in [6.07, 6.45) is 7.71. The van der Waals surface area contributed by atoms with Crippen molar-refractivity contribution in [3.05, 3.63) is 24.5 Å². The van der Waals surface area contributed by atoms with Crippen molar-refractivity contribution in [1.29, 1.82) is 0 Å². The van der Waals surface area contributed by atoms with E-state index in [9.17, 15) is 0 Å². The molecule has 1 N–H and O–H groups in total. The molecule has 0 bridgehead atoms. The highest BCUT2D eigenvalue weighted by Crippen LogP contribution is 2.27. The van der Waals surface area contributed by atoms with Gasteiger partial charge in [0.1, 0.15) is 0 Å². The highest BCUT2D eigenvalue weighted by molar-refractivity contribution is 5.42. The molecule has 0 aliphatic heterocycles. The molecule has 1 saturated carbocycles. The number of rotatable bonds is 2. The van der Waals surface area contributed by atoms with Crippen LogP contribution in [0.2, 0.25) is 0 Å². The minimum Gasteiger partial charge on any atom is -0.382 e. The average Bonchev–Trinajstić information content (AvgIpc) is 2.54. The van der Waals surface area contributed by atoms with Crippen molar-refractivity contribution < 1.29 is 0 Å². The fraction of sp³-hybridized carbons (Fsp3) is 0.545. The van der Waals surface area contributed by atoms with Crippen molar-refractivity contribution in [3.8, 4) is 0 Å². The highest BCUT2D eigenvalue weighted by Gasteiger charge is 2.22. The molecule has 0 saturated heterocycles. The SMILES string of the molecule is CC1CCCC1Nc1ccncc1. The van der Waals surface area contributed by atoms with Crippen molar-refractivity contribution in [2.75, 3.05) is 5.32 Å². The van der Waals surface area contributed by atoms with Gasteiger partial charge in [-0.15, -0.1) is 0 Å². The number of nitrogens with zero attached hydrogens (tertiary/aromatic N) is 1. The van der Waals surface area contributed by atoms with E-state index in [-0.39, 0.29) is 0 Å². The number of hydrogen-bond donors (Lipinski definition) is 1. The van der Waals surface area contributed by atoms with Crippen LogP contribution < -0.4 is 5.32 Å². The lowest BCUT2D eigenvalue weighted by Gasteiger charge is -2.18. The van der Waals surface area contributed by atoms with E-state index in [1.54, 1.807) is 0 Å². The predicted molar refractivity (Wildman–Crippen MR) is 54.7 cm³/mol. The monoisotopic (exact) mass is 176 g/mol. The number of nitrogens with one attached hydrogen (secondary N) is 1. The molecule has 70 valence electrons. The molecular weight excluding hydrogens is 160 g/mol. The van der Waals surface area contributed by atoms with Crippen molar-refractivity contribution in [2.45, 2.75) is 32.2 Å². The van der Waals surface area contributed by atoms with Crippen LogP contribution in [0.15, 0.2) is 24.5 Å². The second kappa shape index (κ2) is 3.77. The molecule has 2 heteroatoms.